The minimum Gasteiger partial charge on any atom is -0.493 e. The Morgan fingerprint density at radius 1 is 1.41 bits per heavy atom. The molecule has 1 saturated heterocycles. The van der Waals surface area contributed by atoms with Gasteiger partial charge in [-0.2, -0.15) is 5.26 Å². The summed E-state index contributed by atoms with van der Waals surface area (Å²) in [6.45, 7) is 5.49. The van der Waals surface area contributed by atoms with Crippen LogP contribution in [-0.2, 0) is 0 Å². The highest BCUT2D eigenvalue weighted by atomic mass is 16.5. The molecule has 0 radical (unpaired) electrons. The molecule has 27 heavy (non-hydrogen) atoms. The van der Waals surface area contributed by atoms with Crippen molar-refractivity contribution in [3.63, 3.8) is 0 Å². The molecule has 1 atom stereocenters. The van der Waals surface area contributed by atoms with Gasteiger partial charge in [-0.3, -0.25) is 9.59 Å². The van der Waals surface area contributed by atoms with Gasteiger partial charge in [0.05, 0.1) is 12.2 Å². The molecule has 0 spiro atoms. The van der Waals surface area contributed by atoms with Crippen LogP contribution < -0.4 is 10.3 Å². The lowest BCUT2D eigenvalue weighted by Gasteiger charge is -2.33. The molecule has 1 fully saturated rings. The fraction of sp³-hybridized carbons (Fsp3) is 0.381. The van der Waals surface area contributed by atoms with Crippen LogP contribution in [0.5, 0.6) is 5.75 Å². The molecule has 0 bridgehead atoms. The van der Waals surface area contributed by atoms with Crippen molar-refractivity contribution in [3.05, 3.63) is 63.1 Å². The first-order valence-electron chi connectivity index (χ1n) is 9.10. The number of benzene rings is 1. The van der Waals surface area contributed by atoms with Gasteiger partial charge in [0.1, 0.15) is 17.4 Å². The van der Waals surface area contributed by atoms with Crippen LogP contribution in [0, 0.1) is 31.1 Å². The number of nitriles is 1. The second-order valence-electron chi connectivity index (χ2n) is 7.03. The molecule has 1 aliphatic heterocycles. The van der Waals surface area contributed by atoms with Crippen LogP contribution in [0.1, 0.15) is 39.9 Å². The number of hydrogen-bond donors (Lipinski definition) is 1. The number of ether oxygens (including phenoxy) is 1. The summed E-state index contributed by atoms with van der Waals surface area (Å²) in [5.41, 5.74) is 1.50. The van der Waals surface area contributed by atoms with Crippen molar-refractivity contribution in [2.24, 2.45) is 5.92 Å². The maximum absolute atomic E-state index is 12.9. The number of aryl methyl sites for hydroxylation is 1. The quantitative estimate of drug-likeness (QED) is 0.903. The molecule has 0 aliphatic carbocycles. The first kappa shape index (κ1) is 18.7. The van der Waals surface area contributed by atoms with Gasteiger partial charge in [0, 0.05) is 25.2 Å². The third-order valence-corrected chi connectivity index (χ3v) is 4.98. The maximum atomic E-state index is 12.9. The number of rotatable bonds is 4. The Morgan fingerprint density at radius 2 is 2.22 bits per heavy atom. The van der Waals surface area contributed by atoms with Gasteiger partial charge in [-0.05, 0) is 49.9 Å². The standard InChI is InChI=1S/C21H23N3O3/c1-14-5-3-7-17(9-14)27-13-16-6-4-8-24(12-16)21(26)19-11-23-20(25)18(10-22)15(19)2/h3,5,7,9,11,16H,4,6,8,12-13H2,1-2H3,(H,23,25). The van der Waals surface area contributed by atoms with Crippen LogP contribution in [0.15, 0.2) is 35.3 Å². The minimum atomic E-state index is -0.463. The first-order chi connectivity index (χ1) is 13.0. The van der Waals surface area contributed by atoms with E-state index in [-0.39, 0.29) is 17.4 Å². The van der Waals surface area contributed by atoms with Gasteiger partial charge in [0.2, 0.25) is 0 Å². The third kappa shape index (κ3) is 4.20. The second-order valence-corrected chi connectivity index (χ2v) is 7.03. The smallest absolute Gasteiger partial charge is 0.266 e. The van der Waals surface area contributed by atoms with Crippen molar-refractivity contribution in [2.45, 2.75) is 26.7 Å². The molecule has 3 rings (SSSR count). The van der Waals surface area contributed by atoms with Gasteiger partial charge in [-0.1, -0.05) is 12.1 Å². The van der Waals surface area contributed by atoms with Crippen molar-refractivity contribution < 1.29 is 9.53 Å². The molecule has 1 aromatic heterocycles. The van der Waals surface area contributed by atoms with Crippen molar-refractivity contribution in [1.29, 1.82) is 5.26 Å². The summed E-state index contributed by atoms with van der Waals surface area (Å²) in [7, 11) is 0. The molecular formula is C21H23N3O3. The van der Waals surface area contributed by atoms with E-state index in [1.807, 2.05) is 37.3 Å². The zero-order chi connectivity index (χ0) is 19.4. The van der Waals surface area contributed by atoms with E-state index in [0.29, 0.717) is 30.8 Å². The average Bonchev–Trinajstić information content (AvgIpc) is 2.67. The second kappa shape index (κ2) is 8.09. The van der Waals surface area contributed by atoms with Crippen molar-refractivity contribution in [1.82, 2.24) is 9.88 Å². The van der Waals surface area contributed by atoms with Crippen molar-refractivity contribution >= 4 is 5.91 Å². The number of amides is 1. The van der Waals surface area contributed by atoms with Crippen LogP contribution in [0.25, 0.3) is 0 Å². The Bertz CT molecular complexity index is 942. The average molecular weight is 365 g/mol. The summed E-state index contributed by atoms with van der Waals surface area (Å²) in [6.07, 6.45) is 3.32. The van der Waals surface area contributed by atoms with Gasteiger partial charge >= 0.3 is 0 Å². The van der Waals surface area contributed by atoms with Crippen LogP contribution in [0.3, 0.4) is 0 Å². The predicted molar refractivity (Wildman–Crippen MR) is 102 cm³/mol. The lowest BCUT2D eigenvalue weighted by molar-refractivity contribution is 0.0632. The van der Waals surface area contributed by atoms with Crippen LogP contribution in [0.4, 0.5) is 0 Å². The molecule has 6 nitrogen and oxygen atoms in total. The highest BCUT2D eigenvalue weighted by Gasteiger charge is 2.27. The summed E-state index contributed by atoms with van der Waals surface area (Å²) >= 11 is 0. The first-order valence-corrected chi connectivity index (χ1v) is 9.10. The maximum Gasteiger partial charge on any atom is 0.266 e. The molecule has 0 saturated carbocycles. The van der Waals surface area contributed by atoms with E-state index < -0.39 is 5.56 Å². The SMILES string of the molecule is Cc1cccc(OCC2CCCN(C(=O)c3c[nH]c(=O)c(C#N)c3C)C2)c1. The number of nitrogens with one attached hydrogen (secondary N) is 1. The number of carbonyl (C=O) groups is 1. The van der Waals surface area contributed by atoms with E-state index in [1.165, 1.54) is 6.20 Å². The van der Waals surface area contributed by atoms with Crippen molar-refractivity contribution in [3.8, 4) is 11.8 Å². The van der Waals surface area contributed by atoms with Gasteiger partial charge in [-0.15, -0.1) is 0 Å². The number of aromatic amines is 1. The number of piperidine rings is 1. The number of likely N-dealkylation sites (tertiary alicyclic amines) is 1. The van der Waals surface area contributed by atoms with Crippen LogP contribution in [0.2, 0.25) is 0 Å². The Balaban J connectivity index is 1.68. The fourth-order valence-corrected chi connectivity index (χ4v) is 3.45. The van der Waals surface area contributed by atoms with Crippen molar-refractivity contribution in [2.75, 3.05) is 19.7 Å². The van der Waals surface area contributed by atoms with Gasteiger partial charge in [0.25, 0.3) is 11.5 Å². The predicted octanol–water partition coefficient (Wildman–Crippen LogP) is 2.79. The molecule has 140 valence electrons. The normalized spacial score (nSPS) is 16.6. The molecule has 1 unspecified atom stereocenters. The van der Waals surface area contributed by atoms with Crippen LogP contribution in [-0.4, -0.2) is 35.5 Å². The number of aromatic nitrogens is 1. The minimum absolute atomic E-state index is 0.00260. The topological polar surface area (TPSA) is 86.2 Å². The Hall–Kier alpha value is -3.07. The molecule has 1 amide bonds. The zero-order valence-electron chi connectivity index (χ0n) is 15.6. The van der Waals surface area contributed by atoms with E-state index >= 15 is 0 Å². The molecule has 6 heteroatoms. The molecule has 1 aromatic carbocycles. The number of pyridine rings is 1. The summed E-state index contributed by atoms with van der Waals surface area (Å²) in [6, 6.07) is 9.80. The summed E-state index contributed by atoms with van der Waals surface area (Å²) in [4.78, 5) is 28.9. The van der Waals surface area contributed by atoms with Gasteiger partial charge in [0.15, 0.2) is 0 Å². The fourth-order valence-electron chi connectivity index (χ4n) is 3.45. The lowest BCUT2D eigenvalue weighted by Crippen LogP contribution is -2.42. The monoisotopic (exact) mass is 365 g/mol. The summed E-state index contributed by atoms with van der Waals surface area (Å²) < 4.78 is 5.91. The highest BCUT2D eigenvalue weighted by Crippen LogP contribution is 2.22. The molecule has 1 N–H and O–H groups in total. The molecular weight excluding hydrogens is 342 g/mol. The molecule has 1 aliphatic rings. The van der Waals surface area contributed by atoms with E-state index in [1.54, 1.807) is 11.8 Å². The van der Waals surface area contributed by atoms with Gasteiger partial charge < -0.3 is 14.6 Å². The summed E-state index contributed by atoms with van der Waals surface area (Å²) in [5, 5.41) is 9.14. The Labute approximate surface area is 158 Å². The van der Waals surface area contributed by atoms with E-state index in [9.17, 15) is 9.59 Å². The third-order valence-electron chi connectivity index (χ3n) is 4.98. The lowest BCUT2D eigenvalue weighted by atomic mass is 9.97. The molecule has 2 aromatic rings. The number of H-pyrrole nitrogens is 1. The number of carbonyl (C=O) groups excluding carboxylic acids is 1. The Kier molecular flexibility index (Phi) is 5.60. The van der Waals surface area contributed by atoms with Gasteiger partial charge in [-0.25, -0.2) is 0 Å². The van der Waals surface area contributed by atoms with E-state index in [0.717, 1.165) is 24.2 Å². The van der Waals surface area contributed by atoms with E-state index in [2.05, 4.69) is 4.98 Å². The number of hydrogen-bond acceptors (Lipinski definition) is 4. The molecule has 2 heterocycles. The Morgan fingerprint density at radius 3 is 2.96 bits per heavy atom. The van der Waals surface area contributed by atoms with E-state index in [4.69, 9.17) is 10.00 Å². The summed E-state index contributed by atoms with van der Waals surface area (Å²) in [5.74, 6) is 0.941. The largest absolute Gasteiger partial charge is 0.493 e. The zero-order valence-corrected chi connectivity index (χ0v) is 15.6. The number of nitrogens with zero attached hydrogens (tertiary/aromatic N) is 2. The van der Waals surface area contributed by atoms with Crippen LogP contribution >= 0.6 is 0 Å². The highest BCUT2D eigenvalue weighted by molar-refractivity contribution is 5.95.